The van der Waals surface area contributed by atoms with Gasteiger partial charge in [0.2, 0.25) is 0 Å². The fourth-order valence-corrected chi connectivity index (χ4v) is 1.88. The smallest absolute Gasteiger partial charge is 0.326 e. The molecule has 5 nitrogen and oxygen atoms in total. The molecule has 21 heavy (non-hydrogen) atoms. The number of carbonyl (C=O) groups excluding carboxylic acids is 1. The Kier molecular flexibility index (Phi) is 6.21. The van der Waals surface area contributed by atoms with E-state index in [0.717, 1.165) is 11.1 Å². The number of rotatable bonds is 7. The number of hydrogen-bond acceptors (Lipinski definition) is 3. The van der Waals surface area contributed by atoms with Crippen LogP contribution in [-0.2, 0) is 9.59 Å². The second-order valence-corrected chi connectivity index (χ2v) is 5.62. The zero-order valence-electron chi connectivity index (χ0n) is 13.0. The monoisotopic (exact) mass is 293 g/mol. The van der Waals surface area contributed by atoms with Crippen LogP contribution in [0.5, 0.6) is 5.75 Å². The van der Waals surface area contributed by atoms with Crippen molar-refractivity contribution in [2.45, 2.75) is 40.2 Å². The van der Waals surface area contributed by atoms with Crippen LogP contribution in [0.15, 0.2) is 18.2 Å². The maximum Gasteiger partial charge on any atom is 0.326 e. The normalized spacial score (nSPS) is 12.0. The number of carbonyl (C=O) groups is 2. The molecule has 1 atom stereocenters. The Labute approximate surface area is 125 Å². The van der Waals surface area contributed by atoms with Gasteiger partial charge in [-0.3, -0.25) is 4.79 Å². The number of carboxylic acids is 1. The zero-order chi connectivity index (χ0) is 16.0. The largest absolute Gasteiger partial charge is 0.484 e. The maximum atomic E-state index is 11.8. The Bertz CT molecular complexity index is 511. The lowest BCUT2D eigenvalue weighted by atomic mass is 10.0. The Morgan fingerprint density at radius 2 is 1.90 bits per heavy atom. The summed E-state index contributed by atoms with van der Waals surface area (Å²) < 4.78 is 5.38. The predicted molar refractivity (Wildman–Crippen MR) is 80.4 cm³/mol. The van der Waals surface area contributed by atoms with Crippen LogP contribution < -0.4 is 10.1 Å². The summed E-state index contributed by atoms with van der Waals surface area (Å²) in [5.41, 5.74) is 2.23. The summed E-state index contributed by atoms with van der Waals surface area (Å²) in [5, 5.41) is 11.5. The summed E-state index contributed by atoms with van der Waals surface area (Å²) in [6, 6.07) is 4.69. The van der Waals surface area contributed by atoms with Gasteiger partial charge in [0.25, 0.3) is 5.91 Å². The van der Waals surface area contributed by atoms with E-state index in [1.165, 1.54) is 0 Å². The van der Waals surface area contributed by atoms with Crippen molar-refractivity contribution in [1.29, 1.82) is 0 Å². The van der Waals surface area contributed by atoms with Crippen molar-refractivity contribution in [3.63, 3.8) is 0 Å². The van der Waals surface area contributed by atoms with Gasteiger partial charge < -0.3 is 15.2 Å². The molecule has 0 fully saturated rings. The fraction of sp³-hybridized carbons (Fsp3) is 0.500. The number of benzene rings is 1. The Morgan fingerprint density at radius 1 is 1.24 bits per heavy atom. The van der Waals surface area contributed by atoms with Gasteiger partial charge in [-0.05, 0) is 49.4 Å². The molecule has 0 aliphatic heterocycles. The van der Waals surface area contributed by atoms with E-state index in [2.05, 4.69) is 5.32 Å². The van der Waals surface area contributed by atoms with Crippen LogP contribution in [-0.4, -0.2) is 29.6 Å². The van der Waals surface area contributed by atoms with Crippen LogP contribution in [0.25, 0.3) is 0 Å². The zero-order valence-corrected chi connectivity index (χ0v) is 13.0. The Balaban J connectivity index is 2.52. The molecular weight excluding hydrogens is 270 g/mol. The first kappa shape index (κ1) is 17.0. The van der Waals surface area contributed by atoms with E-state index < -0.39 is 17.9 Å². The highest BCUT2D eigenvalue weighted by molar-refractivity contribution is 5.84. The summed E-state index contributed by atoms with van der Waals surface area (Å²) in [7, 11) is 0. The van der Waals surface area contributed by atoms with E-state index in [1.807, 2.05) is 39.8 Å². The minimum absolute atomic E-state index is 0.187. The lowest BCUT2D eigenvalue weighted by Gasteiger charge is -2.16. The van der Waals surface area contributed by atoms with Crippen LogP contribution in [0.2, 0.25) is 0 Å². The highest BCUT2D eigenvalue weighted by atomic mass is 16.5. The summed E-state index contributed by atoms with van der Waals surface area (Å²) in [4.78, 5) is 22.8. The van der Waals surface area contributed by atoms with Gasteiger partial charge in [-0.1, -0.05) is 19.9 Å². The molecular formula is C16H23NO4. The highest BCUT2D eigenvalue weighted by Gasteiger charge is 2.21. The summed E-state index contributed by atoms with van der Waals surface area (Å²) in [6.07, 6.45) is 0.394. The number of aryl methyl sites for hydroxylation is 2. The number of carboxylic acid groups (broad SMARTS) is 1. The molecule has 0 saturated carbocycles. The molecule has 2 N–H and O–H groups in total. The van der Waals surface area contributed by atoms with E-state index in [-0.39, 0.29) is 12.5 Å². The lowest BCUT2D eigenvalue weighted by molar-refractivity contribution is -0.142. The quantitative estimate of drug-likeness (QED) is 0.809. The standard InChI is InChI=1S/C16H23NO4/c1-10(2)7-14(16(19)20)17-15(18)9-21-13-6-5-11(3)12(4)8-13/h5-6,8,10,14H,7,9H2,1-4H3,(H,17,18)(H,19,20). The van der Waals surface area contributed by atoms with Crippen molar-refractivity contribution in [3.8, 4) is 5.75 Å². The molecule has 1 rings (SSSR count). The molecule has 1 amide bonds. The third-order valence-electron chi connectivity index (χ3n) is 3.19. The predicted octanol–water partition coefficient (Wildman–Crippen LogP) is 2.30. The molecule has 116 valence electrons. The molecule has 0 spiro atoms. The van der Waals surface area contributed by atoms with Gasteiger partial charge in [-0.2, -0.15) is 0 Å². The molecule has 0 heterocycles. The van der Waals surface area contributed by atoms with Crippen molar-refractivity contribution in [2.75, 3.05) is 6.61 Å². The van der Waals surface area contributed by atoms with E-state index in [4.69, 9.17) is 9.84 Å². The maximum absolute atomic E-state index is 11.8. The topological polar surface area (TPSA) is 75.6 Å². The summed E-state index contributed by atoms with van der Waals surface area (Å²) in [5.74, 6) is -0.666. The van der Waals surface area contributed by atoms with Crippen molar-refractivity contribution in [2.24, 2.45) is 5.92 Å². The molecule has 0 aromatic heterocycles. The number of ether oxygens (including phenoxy) is 1. The van der Waals surface area contributed by atoms with Gasteiger partial charge in [0, 0.05) is 0 Å². The van der Waals surface area contributed by atoms with Crippen molar-refractivity contribution in [1.82, 2.24) is 5.32 Å². The first-order valence-corrected chi connectivity index (χ1v) is 7.01. The second-order valence-electron chi connectivity index (χ2n) is 5.62. The number of aliphatic carboxylic acids is 1. The van der Waals surface area contributed by atoms with Gasteiger partial charge >= 0.3 is 5.97 Å². The van der Waals surface area contributed by atoms with E-state index >= 15 is 0 Å². The lowest BCUT2D eigenvalue weighted by Crippen LogP contribution is -2.43. The fourth-order valence-electron chi connectivity index (χ4n) is 1.88. The SMILES string of the molecule is Cc1ccc(OCC(=O)NC(CC(C)C)C(=O)O)cc1C. The van der Waals surface area contributed by atoms with Crippen molar-refractivity contribution < 1.29 is 19.4 Å². The summed E-state index contributed by atoms with van der Waals surface area (Å²) >= 11 is 0. The van der Waals surface area contributed by atoms with Crippen LogP contribution in [0.4, 0.5) is 0 Å². The third kappa shape index (κ3) is 5.85. The molecule has 0 saturated heterocycles. The van der Waals surface area contributed by atoms with E-state index in [9.17, 15) is 9.59 Å². The molecule has 0 aliphatic carbocycles. The third-order valence-corrected chi connectivity index (χ3v) is 3.19. The first-order valence-electron chi connectivity index (χ1n) is 7.01. The van der Waals surface area contributed by atoms with Crippen molar-refractivity contribution >= 4 is 11.9 Å². The van der Waals surface area contributed by atoms with Crippen molar-refractivity contribution in [3.05, 3.63) is 29.3 Å². The number of nitrogens with one attached hydrogen (secondary N) is 1. The molecule has 0 radical (unpaired) electrons. The average molecular weight is 293 g/mol. The molecule has 1 unspecified atom stereocenters. The number of hydrogen-bond donors (Lipinski definition) is 2. The minimum Gasteiger partial charge on any atom is -0.484 e. The van der Waals surface area contributed by atoms with E-state index in [0.29, 0.717) is 12.2 Å². The second kappa shape index (κ2) is 7.67. The minimum atomic E-state index is -1.02. The summed E-state index contributed by atoms with van der Waals surface area (Å²) in [6.45, 7) is 7.59. The van der Waals surface area contributed by atoms with Gasteiger partial charge in [0.05, 0.1) is 0 Å². The molecule has 5 heteroatoms. The Morgan fingerprint density at radius 3 is 2.43 bits per heavy atom. The van der Waals surface area contributed by atoms with E-state index in [1.54, 1.807) is 6.07 Å². The van der Waals surface area contributed by atoms with Gasteiger partial charge in [0.1, 0.15) is 11.8 Å². The van der Waals surface area contributed by atoms with Crippen LogP contribution in [0.3, 0.4) is 0 Å². The van der Waals surface area contributed by atoms with Crippen LogP contribution in [0.1, 0.15) is 31.4 Å². The molecule has 1 aromatic carbocycles. The van der Waals surface area contributed by atoms with Crippen LogP contribution >= 0.6 is 0 Å². The van der Waals surface area contributed by atoms with Gasteiger partial charge in [0.15, 0.2) is 6.61 Å². The Hall–Kier alpha value is -2.04. The average Bonchev–Trinajstić information content (AvgIpc) is 2.38. The van der Waals surface area contributed by atoms with Gasteiger partial charge in [-0.25, -0.2) is 4.79 Å². The highest BCUT2D eigenvalue weighted by Crippen LogP contribution is 2.16. The van der Waals surface area contributed by atoms with Gasteiger partial charge in [-0.15, -0.1) is 0 Å². The van der Waals surface area contributed by atoms with Crippen LogP contribution in [0, 0.1) is 19.8 Å². The molecule has 0 bridgehead atoms. The number of amides is 1. The molecule has 1 aromatic rings. The first-order chi connectivity index (χ1) is 9.79. The molecule has 0 aliphatic rings.